The van der Waals surface area contributed by atoms with Crippen LogP contribution in [-0.4, -0.2) is 38.3 Å². The largest absolute Gasteiger partial charge is 0.484 e. The Morgan fingerprint density at radius 2 is 1.74 bits per heavy atom. The van der Waals surface area contributed by atoms with Gasteiger partial charge in [-0.1, -0.05) is 43.1 Å². The molecule has 0 saturated carbocycles. The lowest BCUT2D eigenvalue weighted by molar-refractivity contribution is -0.118. The molecule has 1 amide bonds. The van der Waals surface area contributed by atoms with Crippen LogP contribution in [0, 0.1) is 6.92 Å². The van der Waals surface area contributed by atoms with Crippen molar-refractivity contribution in [3.05, 3.63) is 53.1 Å². The van der Waals surface area contributed by atoms with E-state index in [0.717, 1.165) is 5.56 Å². The smallest absolute Gasteiger partial charge is 0.262 e. The fourth-order valence-corrected chi connectivity index (χ4v) is 4.42. The van der Waals surface area contributed by atoms with E-state index in [1.54, 1.807) is 32.0 Å². The third kappa shape index (κ3) is 5.45. The molecule has 0 fully saturated rings. The lowest BCUT2D eigenvalue weighted by atomic mass is 10.2. The van der Waals surface area contributed by atoms with Crippen molar-refractivity contribution < 1.29 is 17.9 Å². The molecule has 0 unspecified atom stereocenters. The molecule has 0 saturated heterocycles. The molecule has 0 aliphatic heterocycles. The Balaban J connectivity index is 2.11. The molecule has 146 valence electrons. The van der Waals surface area contributed by atoms with Gasteiger partial charge in [-0.3, -0.25) is 4.79 Å². The predicted molar refractivity (Wildman–Crippen MR) is 107 cm³/mol. The molecule has 6 nitrogen and oxygen atoms in total. The van der Waals surface area contributed by atoms with Gasteiger partial charge >= 0.3 is 0 Å². The highest BCUT2D eigenvalue weighted by Crippen LogP contribution is 2.27. The summed E-state index contributed by atoms with van der Waals surface area (Å²) in [6.07, 6.45) is 0. The van der Waals surface area contributed by atoms with Crippen LogP contribution in [0.2, 0.25) is 5.02 Å². The molecule has 8 heteroatoms. The number of benzene rings is 2. The average molecular weight is 411 g/mol. The number of halogens is 1. The number of amides is 1. The first kappa shape index (κ1) is 21.2. The van der Waals surface area contributed by atoms with E-state index in [1.165, 1.54) is 16.4 Å². The van der Waals surface area contributed by atoms with E-state index < -0.39 is 15.9 Å². The minimum Gasteiger partial charge on any atom is -0.484 e. The second-order valence-corrected chi connectivity index (χ2v) is 8.20. The van der Waals surface area contributed by atoms with E-state index in [1.807, 2.05) is 19.1 Å². The highest BCUT2D eigenvalue weighted by atomic mass is 35.5. The van der Waals surface area contributed by atoms with Crippen LogP contribution >= 0.6 is 11.6 Å². The van der Waals surface area contributed by atoms with Crippen molar-refractivity contribution in [2.24, 2.45) is 0 Å². The van der Waals surface area contributed by atoms with Gasteiger partial charge in [0.2, 0.25) is 10.0 Å². The molecule has 0 atom stereocenters. The van der Waals surface area contributed by atoms with Gasteiger partial charge in [0, 0.05) is 18.8 Å². The van der Waals surface area contributed by atoms with Crippen LogP contribution in [0.5, 0.6) is 5.75 Å². The molecular weight excluding hydrogens is 388 g/mol. The lowest BCUT2D eigenvalue weighted by Gasteiger charge is -2.19. The minimum absolute atomic E-state index is 0.0369. The number of ether oxygens (including phenoxy) is 1. The summed E-state index contributed by atoms with van der Waals surface area (Å²) in [5.41, 5.74) is 1.43. The number of aryl methyl sites for hydroxylation is 1. The zero-order valence-corrected chi connectivity index (χ0v) is 17.1. The van der Waals surface area contributed by atoms with Crippen molar-refractivity contribution in [3.63, 3.8) is 0 Å². The molecule has 0 heterocycles. The summed E-state index contributed by atoms with van der Waals surface area (Å²) < 4.78 is 32.1. The Morgan fingerprint density at radius 3 is 2.33 bits per heavy atom. The van der Waals surface area contributed by atoms with E-state index in [9.17, 15) is 13.2 Å². The molecule has 0 spiro atoms. The van der Waals surface area contributed by atoms with Gasteiger partial charge in [-0.25, -0.2) is 8.42 Å². The summed E-state index contributed by atoms with van der Waals surface area (Å²) >= 11 is 6.09. The number of hydrogen-bond acceptors (Lipinski definition) is 4. The summed E-state index contributed by atoms with van der Waals surface area (Å²) in [7, 11) is -3.73. The van der Waals surface area contributed by atoms with Crippen molar-refractivity contribution in [2.45, 2.75) is 25.7 Å². The predicted octanol–water partition coefficient (Wildman–Crippen LogP) is 3.70. The summed E-state index contributed by atoms with van der Waals surface area (Å²) in [6.45, 7) is 5.93. The van der Waals surface area contributed by atoms with Crippen molar-refractivity contribution >= 4 is 33.2 Å². The quantitative estimate of drug-likeness (QED) is 0.720. The molecule has 0 radical (unpaired) electrons. The van der Waals surface area contributed by atoms with Crippen molar-refractivity contribution in [3.8, 4) is 5.75 Å². The first-order valence-corrected chi connectivity index (χ1v) is 10.4. The maximum Gasteiger partial charge on any atom is 0.262 e. The van der Waals surface area contributed by atoms with Gasteiger partial charge in [0.15, 0.2) is 6.61 Å². The van der Waals surface area contributed by atoms with Gasteiger partial charge in [0.25, 0.3) is 5.91 Å². The maximum absolute atomic E-state index is 12.7. The second-order valence-electron chi connectivity index (χ2n) is 5.88. The zero-order chi connectivity index (χ0) is 20.0. The van der Waals surface area contributed by atoms with Gasteiger partial charge in [0.1, 0.15) is 10.6 Å². The number of nitrogens with zero attached hydrogens (tertiary/aromatic N) is 1. The zero-order valence-electron chi connectivity index (χ0n) is 15.5. The van der Waals surface area contributed by atoms with Crippen LogP contribution in [0.15, 0.2) is 47.4 Å². The highest BCUT2D eigenvalue weighted by molar-refractivity contribution is 7.89. The Labute approximate surface area is 165 Å². The van der Waals surface area contributed by atoms with Crippen molar-refractivity contribution in [1.82, 2.24) is 4.31 Å². The number of hydrogen-bond donors (Lipinski definition) is 1. The minimum atomic E-state index is -3.73. The fourth-order valence-electron chi connectivity index (χ4n) is 2.46. The van der Waals surface area contributed by atoms with Crippen LogP contribution in [0.3, 0.4) is 0 Å². The number of nitrogens with one attached hydrogen (secondary N) is 1. The van der Waals surface area contributed by atoms with Gasteiger partial charge in [-0.15, -0.1) is 0 Å². The second kappa shape index (κ2) is 9.21. The first-order valence-electron chi connectivity index (χ1n) is 8.57. The summed E-state index contributed by atoms with van der Waals surface area (Å²) in [5, 5.41) is 2.74. The summed E-state index contributed by atoms with van der Waals surface area (Å²) in [5.74, 6) is 0.181. The van der Waals surface area contributed by atoms with Gasteiger partial charge in [0.05, 0.1) is 5.02 Å². The normalized spacial score (nSPS) is 11.4. The van der Waals surface area contributed by atoms with E-state index in [0.29, 0.717) is 24.5 Å². The van der Waals surface area contributed by atoms with Gasteiger partial charge in [-0.2, -0.15) is 4.31 Å². The number of sulfonamides is 1. The lowest BCUT2D eigenvalue weighted by Crippen LogP contribution is -2.31. The molecule has 27 heavy (non-hydrogen) atoms. The van der Waals surface area contributed by atoms with Crippen LogP contribution < -0.4 is 10.1 Å². The van der Waals surface area contributed by atoms with Crippen LogP contribution in [-0.2, 0) is 14.8 Å². The number of carbonyl (C=O) groups excluding carboxylic acids is 1. The Bertz CT molecular complexity index is 894. The SMILES string of the molecule is CCN(CC)S(=O)(=O)c1cc(NC(=O)COc2ccc(C)cc2)ccc1Cl. The number of carbonyl (C=O) groups is 1. The molecule has 0 aliphatic carbocycles. The molecule has 2 rings (SSSR count). The molecular formula is C19H23ClN2O4S. The third-order valence-electron chi connectivity index (χ3n) is 3.93. The summed E-state index contributed by atoms with van der Waals surface area (Å²) in [6, 6.07) is 11.7. The van der Waals surface area contributed by atoms with Crippen LogP contribution in [0.25, 0.3) is 0 Å². The maximum atomic E-state index is 12.7. The molecule has 0 aliphatic rings. The highest BCUT2D eigenvalue weighted by Gasteiger charge is 2.25. The monoisotopic (exact) mass is 410 g/mol. The van der Waals surface area contributed by atoms with E-state index in [-0.39, 0.29) is 16.5 Å². The third-order valence-corrected chi connectivity index (χ3v) is 6.46. The van der Waals surface area contributed by atoms with E-state index in [2.05, 4.69) is 5.32 Å². The standard InChI is InChI=1S/C19H23ClN2O4S/c1-4-22(5-2)27(24,25)18-12-15(8-11-17(18)20)21-19(23)13-26-16-9-6-14(3)7-10-16/h6-12H,4-5,13H2,1-3H3,(H,21,23). The van der Waals surface area contributed by atoms with E-state index in [4.69, 9.17) is 16.3 Å². The molecule has 2 aromatic rings. The Hall–Kier alpha value is -2.09. The van der Waals surface area contributed by atoms with Crippen molar-refractivity contribution in [2.75, 3.05) is 25.0 Å². The van der Waals surface area contributed by atoms with Gasteiger partial charge < -0.3 is 10.1 Å². The van der Waals surface area contributed by atoms with Crippen molar-refractivity contribution in [1.29, 1.82) is 0 Å². The summed E-state index contributed by atoms with van der Waals surface area (Å²) in [4.78, 5) is 12.1. The molecule has 2 aromatic carbocycles. The Morgan fingerprint density at radius 1 is 1.11 bits per heavy atom. The van der Waals surface area contributed by atoms with Crippen LogP contribution in [0.4, 0.5) is 5.69 Å². The van der Waals surface area contributed by atoms with E-state index >= 15 is 0 Å². The topological polar surface area (TPSA) is 75.7 Å². The number of anilines is 1. The first-order chi connectivity index (χ1) is 12.8. The fraction of sp³-hybridized carbons (Fsp3) is 0.316. The van der Waals surface area contributed by atoms with Gasteiger partial charge in [-0.05, 0) is 37.3 Å². The average Bonchev–Trinajstić information content (AvgIpc) is 2.63. The van der Waals surface area contributed by atoms with Crippen LogP contribution in [0.1, 0.15) is 19.4 Å². The molecule has 0 bridgehead atoms. The molecule has 0 aromatic heterocycles. The molecule has 1 N–H and O–H groups in total. The number of rotatable bonds is 8. The Kier molecular flexibility index (Phi) is 7.24.